The fourth-order valence-corrected chi connectivity index (χ4v) is 1.43. The molecule has 0 heterocycles. The highest BCUT2D eigenvalue weighted by molar-refractivity contribution is 8.13. The largest absolute Gasteiger partial charge is 0.507 e. The number of carbonyl (C=O) groups excluding carboxylic acids is 2. The first-order valence-corrected chi connectivity index (χ1v) is 5.74. The van der Waals surface area contributed by atoms with Crippen molar-refractivity contribution in [2.24, 2.45) is 5.73 Å². The summed E-state index contributed by atoms with van der Waals surface area (Å²) in [5.41, 5.74) is 5.69. The smallest absolute Gasteiger partial charge is 0.252 e. The van der Waals surface area contributed by atoms with Crippen LogP contribution in [-0.2, 0) is 4.79 Å². The molecule has 0 aromatic heterocycles. The molecule has 88 valence electrons. The van der Waals surface area contributed by atoms with Gasteiger partial charge >= 0.3 is 0 Å². The van der Waals surface area contributed by atoms with Gasteiger partial charge in [-0.3, -0.25) is 9.59 Å². The van der Waals surface area contributed by atoms with Crippen LogP contribution < -0.4 is 5.73 Å². The maximum absolute atomic E-state index is 11.0. The second-order valence-corrected chi connectivity index (χ2v) is 4.33. The lowest BCUT2D eigenvalue weighted by Gasteiger charge is -1.99. The monoisotopic (exact) mass is 249 g/mol. The topological polar surface area (TPSA) is 80.4 Å². The molecule has 0 fully saturated rings. The Morgan fingerprint density at radius 3 is 2.76 bits per heavy atom. The molecule has 17 heavy (non-hydrogen) atoms. The van der Waals surface area contributed by atoms with Crippen LogP contribution in [0.4, 0.5) is 0 Å². The van der Waals surface area contributed by atoms with E-state index in [-0.39, 0.29) is 16.4 Å². The Bertz CT molecular complexity index is 514. The summed E-state index contributed by atoms with van der Waals surface area (Å²) in [7, 11) is 0. The van der Waals surface area contributed by atoms with Crippen LogP contribution in [0.1, 0.15) is 22.8 Å². The summed E-state index contributed by atoms with van der Waals surface area (Å²) in [4.78, 5) is 21.6. The van der Waals surface area contributed by atoms with Crippen LogP contribution in [0.15, 0.2) is 18.2 Å². The number of thioether (sulfide) groups is 1. The quantitative estimate of drug-likeness (QED) is 0.770. The zero-order valence-electron chi connectivity index (χ0n) is 9.19. The zero-order chi connectivity index (χ0) is 12.8. The van der Waals surface area contributed by atoms with Crippen molar-refractivity contribution < 1.29 is 14.7 Å². The summed E-state index contributed by atoms with van der Waals surface area (Å²) in [6, 6.07) is 4.36. The number of nitrogens with two attached hydrogens (primary N) is 1. The molecule has 0 aliphatic heterocycles. The number of aromatic hydroxyl groups is 1. The second-order valence-electron chi connectivity index (χ2n) is 3.18. The van der Waals surface area contributed by atoms with Crippen LogP contribution in [0.2, 0.25) is 0 Å². The van der Waals surface area contributed by atoms with Gasteiger partial charge in [0.15, 0.2) is 5.12 Å². The van der Waals surface area contributed by atoms with E-state index in [1.807, 2.05) is 0 Å². The third kappa shape index (κ3) is 4.21. The van der Waals surface area contributed by atoms with Crippen LogP contribution in [0.25, 0.3) is 0 Å². The summed E-state index contributed by atoms with van der Waals surface area (Å²) in [6.45, 7) is 1.47. The number of hydrogen-bond acceptors (Lipinski definition) is 4. The average molecular weight is 249 g/mol. The van der Waals surface area contributed by atoms with Crippen LogP contribution in [-0.4, -0.2) is 21.9 Å². The summed E-state index contributed by atoms with van der Waals surface area (Å²) in [5.74, 6) is 5.08. The highest BCUT2D eigenvalue weighted by atomic mass is 32.2. The van der Waals surface area contributed by atoms with Crippen molar-refractivity contribution in [1.82, 2.24) is 0 Å². The molecular weight excluding hydrogens is 238 g/mol. The molecule has 0 atom stereocenters. The highest BCUT2D eigenvalue weighted by Crippen LogP contribution is 2.17. The van der Waals surface area contributed by atoms with E-state index in [1.165, 1.54) is 19.1 Å². The fraction of sp³-hybridized carbons (Fsp3) is 0.167. The summed E-state index contributed by atoms with van der Waals surface area (Å²) in [6.07, 6.45) is 0. The van der Waals surface area contributed by atoms with E-state index in [0.29, 0.717) is 11.3 Å². The average Bonchev–Trinajstić information content (AvgIpc) is 2.25. The number of hydrogen-bond donors (Lipinski definition) is 2. The predicted octanol–water partition coefficient (Wildman–Crippen LogP) is 1.12. The zero-order valence-corrected chi connectivity index (χ0v) is 10.0. The van der Waals surface area contributed by atoms with Crippen molar-refractivity contribution >= 4 is 22.8 Å². The van der Waals surface area contributed by atoms with Crippen molar-refractivity contribution in [1.29, 1.82) is 0 Å². The standard InChI is InChI=1S/C12H11NO3S/c1-8(14)17-6-2-3-9-4-5-11(15)10(7-9)12(13)16/h4-5,7,15H,6H2,1H3,(H2,13,16). The van der Waals surface area contributed by atoms with Crippen molar-refractivity contribution in [2.75, 3.05) is 5.75 Å². The molecule has 3 N–H and O–H groups in total. The van der Waals surface area contributed by atoms with Crippen LogP contribution in [0.3, 0.4) is 0 Å². The van der Waals surface area contributed by atoms with Crippen molar-refractivity contribution in [3.05, 3.63) is 29.3 Å². The van der Waals surface area contributed by atoms with Gasteiger partial charge < -0.3 is 10.8 Å². The minimum Gasteiger partial charge on any atom is -0.507 e. The van der Waals surface area contributed by atoms with Gasteiger partial charge in [-0.25, -0.2) is 0 Å². The third-order valence-corrected chi connectivity index (χ3v) is 2.54. The summed E-state index contributed by atoms with van der Waals surface area (Å²) >= 11 is 1.11. The van der Waals surface area contributed by atoms with Crippen LogP contribution in [0.5, 0.6) is 5.75 Å². The Hall–Kier alpha value is -1.93. The number of amides is 1. The van der Waals surface area contributed by atoms with Crippen molar-refractivity contribution in [3.63, 3.8) is 0 Å². The SMILES string of the molecule is CC(=O)SCC#Cc1ccc(O)c(C(N)=O)c1. The minimum atomic E-state index is -0.704. The lowest BCUT2D eigenvalue weighted by molar-refractivity contribution is -0.109. The van der Waals surface area contributed by atoms with Gasteiger partial charge in [-0.05, 0) is 18.2 Å². The maximum atomic E-state index is 11.0. The fourth-order valence-electron chi connectivity index (χ4n) is 1.09. The molecule has 0 radical (unpaired) electrons. The predicted molar refractivity (Wildman–Crippen MR) is 66.6 cm³/mol. The van der Waals surface area contributed by atoms with Gasteiger partial charge in [-0.1, -0.05) is 23.6 Å². The molecule has 0 saturated heterocycles. The second kappa shape index (κ2) is 5.97. The van der Waals surface area contributed by atoms with Gasteiger partial charge in [0.25, 0.3) is 5.91 Å². The van der Waals surface area contributed by atoms with Crippen LogP contribution >= 0.6 is 11.8 Å². The summed E-state index contributed by atoms with van der Waals surface area (Å²) < 4.78 is 0. The van der Waals surface area contributed by atoms with Gasteiger partial charge in [0.05, 0.1) is 11.3 Å². The van der Waals surface area contributed by atoms with Crippen molar-refractivity contribution in [2.45, 2.75) is 6.92 Å². The van der Waals surface area contributed by atoms with E-state index < -0.39 is 5.91 Å². The van der Waals surface area contributed by atoms with E-state index in [4.69, 9.17) is 5.73 Å². The normalized spacial score (nSPS) is 9.24. The molecule has 4 nitrogen and oxygen atoms in total. The molecule has 5 heteroatoms. The molecular formula is C12H11NO3S. The molecule has 1 aromatic carbocycles. The van der Waals surface area contributed by atoms with Crippen LogP contribution in [0, 0.1) is 11.8 Å². The van der Waals surface area contributed by atoms with E-state index in [1.54, 1.807) is 6.07 Å². The first-order chi connectivity index (χ1) is 8.00. The Morgan fingerprint density at radius 2 is 2.18 bits per heavy atom. The molecule has 0 aliphatic carbocycles. The van der Waals surface area contributed by atoms with Gasteiger partial charge in [0, 0.05) is 12.5 Å². The lowest BCUT2D eigenvalue weighted by Crippen LogP contribution is -2.11. The minimum absolute atomic E-state index is 0.00262. The third-order valence-electron chi connectivity index (χ3n) is 1.84. The molecule has 0 aliphatic rings. The molecule has 1 amide bonds. The number of primary amides is 1. The highest BCUT2D eigenvalue weighted by Gasteiger charge is 2.06. The van der Waals surface area contributed by atoms with Gasteiger partial charge in [-0.15, -0.1) is 0 Å². The molecule has 0 spiro atoms. The van der Waals surface area contributed by atoms with E-state index in [0.717, 1.165) is 11.8 Å². The maximum Gasteiger partial charge on any atom is 0.252 e. The first-order valence-electron chi connectivity index (χ1n) is 4.75. The van der Waals surface area contributed by atoms with Gasteiger partial charge in [-0.2, -0.15) is 0 Å². The number of benzene rings is 1. The summed E-state index contributed by atoms with van der Waals surface area (Å²) in [5, 5.41) is 9.35. The molecule has 1 aromatic rings. The number of rotatable bonds is 2. The molecule has 1 rings (SSSR count). The Morgan fingerprint density at radius 1 is 1.47 bits per heavy atom. The molecule has 0 bridgehead atoms. The molecule has 0 unspecified atom stereocenters. The first kappa shape index (κ1) is 13.1. The molecule has 0 saturated carbocycles. The number of phenols is 1. The Kier molecular flexibility index (Phi) is 4.61. The number of carbonyl (C=O) groups is 2. The van der Waals surface area contributed by atoms with E-state index in [9.17, 15) is 14.7 Å². The van der Waals surface area contributed by atoms with Gasteiger partial charge in [0.1, 0.15) is 5.75 Å². The van der Waals surface area contributed by atoms with E-state index in [2.05, 4.69) is 11.8 Å². The van der Waals surface area contributed by atoms with Gasteiger partial charge in [0.2, 0.25) is 0 Å². The van der Waals surface area contributed by atoms with Crippen molar-refractivity contribution in [3.8, 4) is 17.6 Å². The lowest BCUT2D eigenvalue weighted by atomic mass is 10.1. The van der Waals surface area contributed by atoms with E-state index >= 15 is 0 Å². The Balaban J connectivity index is 2.82. The Labute approximate surface area is 103 Å².